The quantitative estimate of drug-likeness (QED) is 0.602. The lowest BCUT2D eigenvalue weighted by Gasteiger charge is -2.42. The maximum absolute atomic E-state index is 13.8. The average molecular weight is 501 g/mol. The molecule has 2 atom stereocenters. The van der Waals surface area contributed by atoms with E-state index < -0.39 is 35.3 Å². The van der Waals surface area contributed by atoms with Gasteiger partial charge in [0, 0.05) is 19.1 Å². The van der Waals surface area contributed by atoms with Crippen molar-refractivity contribution < 1.29 is 37.3 Å². The Kier molecular flexibility index (Phi) is 8.24. The Morgan fingerprint density at radius 3 is 2.46 bits per heavy atom. The molecule has 1 saturated heterocycles. The van der Waals surface area contributed by atoms with Crippen molar-refractivity contribution >= 4 is 12.0 Å². The maximum atomic E-state index is 13.8. The summed E-state index contributed by atoms with van der Waals surface area (Å²) in [7, 11) is 0. The molecule has 1 aromatic carbocycles. The van der Waals surface area contributed by atoms with Crippen molar-refractivity contribution in [1.29, 1.82) is 0 Å². The summed E-state index contributed by atoms with van der Waals surface area (Å²) in [5.74, 6) is -1.84. The molecule has 1 aliphatic carbocycles. The molecule has 35 heavy (non-hydrogen) atoms. The first-order valence-electron chi connectivity index (χ1n) is 12.1. The van der Waals surface area contributed by atoms with Gasteiger partial charge in [-0.1, -0.05) is 31.4 Å². The molecule has 2 fully saturated rings. The van der Waals surface area contributed by atoms with E-state index in [1.54, 1.807) is 31.7 Å². The molecule has 196 valence electrons. The van der Waals surface area contributed by atoms with E-state index in [2.05, 4.69) is 10.1 Å². The van der Waals surface area contributed by atoms with Gasteiger partial charge in [0.15, 0.2) is 0 Å². The number of rotatable bonds is 5. The van der Waals surface area contributed by atoms with Gasteiger partial charge >= 0.3 is 12.5 Å². The molecule has 0 unspecified atom stereocenters. The van der Waals surface area contributed by atoms with Gasteiger partial charge in [-0.3, -0.25) is 4.79 Å². The van der Waals surface area contributed by atoms with Crippen LogP contribution in [-0.2, 0) is 9.53 Å². The minimum atomic E-state index is -4.87. The topological polar surface area (TPSA) is 88.1 Å². The number of nitrogens with zero attached hydrogens (tertiary/aromatic N) is 1. The standard InChI is InChI=1S/C25H35F3N2O5/c1-23(2,3)35-22(32)29-18-10-8-14-30(16-18)21(31)20(24(33)12-5-4-6-13-24)17-9-7-11-19(15-17)34-25(26,27)28/h7,9,11,15,18,20,33H,4-6,8,10,12-14,16H2,1-3H3,(H,29,32)/t18-,20-/m0/s1. The van der Waals surface area contributed by atoms with E-state index in [1.807, 2.05) is 0 Å². The van der Waals surface area contributed by atoms with Crippen LogP contribution in [0.2, 0.25) is 0 Å². The highest BCUT2D eigenvalue weighted by atomic mass is 19.4. The number of carbonyl (C=O) groups is 2. The van der Waals surface area contributed by atoms with Gasteiger partial charge in [-0.15, -0.1) is 13.2 Å². The predicted molar refractivity (Wildman–Crippen MR) is 123 cm³/mol. The van der Waals surface area contributed by atoms with Crippen LogP contribution in [0.5, 0.6) is 5.75 Å². The van der Waals surface area contributed by atoms with Gasteiger partial charge in [-0.2, -0.15) is 0 Å². The fraction of sp³-hybridized carbons (Fsp3) is 0.680. The Labute approximate surface area is 204 Å². The maximum Gasteiger partial charge on any atom is 0.573 e. The van der Waals surface area contributed by atoms with Gasteiger partial charge in [0.1, 0.15) is 11.4 Å². The monoisotopic (exact) mass is 500 g/mol. The number of halogens is 3. The summed E-state index contributed by atoms with van der Waals surface area (Å²) in [5.41, 5.74) is -1.76. The van der Waals surface area contributed by atoms with E-state index in [-0.39, 0.29) is 24.1 Å². The molecular formula is C25H35F3N2O5. The fourth-order valence-electron chi connectivity index (χ4n) is 4.98. The number of alkyl carbamates (subject to hydrolysis) is 1. The second-order valence-electron chi connectivity index (χ2n) is 10.5. The molecule has 0 aromatic heterocycles. The van der Waals surface area contributed by atoms with Crippen LogP contribution in [0.3, 0.4) is 0 Å². The van der Waals surface area contributed by atoms with Crippen LogP contribution >= 0.6 is 0 Å². The van der Waals surface area contributed by atoms with Crippen LogP contribution < -0.4 is 10.1 Å². The van der Waals surface area contributed by atoms with Crippen molar-refractivity contribution in [2.24, 2.45) is 0 Å². The van der Waals surface area contributed by atoms with Gasteiger partial charge in [0.2, 0.25) is 5.91 Å². The molecule has 1 heterocycles. The molecule has 1 aromatic rings. The number of hydrogen-bond acceptors (Lipinski definition) is 5. The van der Waals surface area contributed by atoms with Crippen LogP contribution in [0, 0.1) is 0 Å². The summed E-state index contributed by atoms with van der Waals surface area (Å²) in [4.78, 5) is 27.6. The molecule has 2 amide bonds. The molecule has 2 N–H and O–H groups in total. The second kappa shape index (κ2) is 10.6. The third-order valence-corrected chi connectivity index (χ3v) is 6.38. The number of carbonyl (C=O) groups excluding carboxylic acids is 2. The smallest absolute Gasteiger partial charge is 0.444 e. The molecule has 0 radical (unpaired) electrons. The van der Waals surface area contributed by atoms with Crippen LogP contribution in [0.15, 0.2) is 24.3 Å². The molecular weight excluding hydrogens is 465 g/mol. The highest BCUT2D eigenvalue weighted by molar-refractivity contribution is 5.85. The number of piperidine rings is 1. The van der Waals surface area contributed by atoms with E-state index in [4.69, 9.17) is 4.74 Å². The molecule has 0 bridgehead atoms. The summed E-state index contributed by atoms with van der Waals surface area (Å²) in [6.45, 7) is 5.93. The fourth-order valence-corrected chi connectivity index (χ4v) is 4.98. The first kappa shape index (κ1) is 27.1. The summed E-state index contributed by atoms with van der Waals surface area (Å²) >= 11 is 0. The van der Waals surface area contributed by atoms with E-state index in [0.29, 0.717) is 32.2 Å². The number of alkyl halides is 3. The first-order chi connectivity index (χ1) is 16.3. The van der Waals surface area contributed by atoms with Crippen LogP contribution in [0.25, 0.3) is 0 Å². The van der Waals surface area contributed by atoms with Crippen LogP contribution in [-0.4, -0.2) is 58.7 Å². The SMILES string of the molecule is CC(C)(C)OC(=O)N[C@H]1CCCN(C(=O)[C@H](c2cccc(OC(F)(F)F)c2)C2(O)CCCCC2)C1. The Bertz CT molecular complexity index is 894. The Balaban J connectivity index is 1.83. The van der Waals surface area contributed by atoms with Crippen molar-refractivity contribution in [3.8, 4) is 5.75 Å². The first-order valence-corrected chi connectivity index (χ1v) is 12.1. The Morgan fingerprint density at radius 2 is 1.83 bits per heavy atom. The van der Waals surface area contributed by atoms with E-state index in [1.165, 1.54) is 18.2 Å². The van der Waals surface area contributed by atoms with Crippen LogP contribution in [0.1, 0.15) is 77.2 Å². The normalized spacial score (nSPS) is 21.7. The molecule has 7 nitrogen and oxygen atoms in total. The van der Waals surface area contributed by atoms with Crippen molar-refractivity contribution in [3.05, 3.63) is 29.8 Å². The third kappa shape index (κ3) is 7.75. The molecule has 10 heteroatoms. The largest absolute Gasteiger partial charge is 0.573 e. The average Bonchev–Trinajstić information content (AvgIpc) is 2.72. The molecule has 2 aliphatic rings. The van der Waals surface area contributed by atoms with Crippen molar-refractivity contribution in [1.82, 2.24) is 10.2 Å². The molecule has 0 spiro atoms. The minimum absolute atomic E-state index is 0.226. The Morgan fingerprint density at radius 1 is 1.14 bits per heavy atom. The van der Waals surface area contributed by atoms with E-state index in [9.17, 15) is 27.9 Å². The number of amides is 2. The van der Waals surface area contributed by atoms with Crippen molar-refractivity contribution in [2.45, 2.75) is 95.2 Å². The number of hydrogen-bond donors (Lipinski definition) is 2. The Hall–Kier alpha value is -2.49. The summed E-state index contributed by atoms with van der Waals surface area (Å²) in [6.07, 6.45) is -1.02. The molecule has 3 rings (SSSR count). The van der Waals surface area contributed by atoms with E-state index in [0.717, 1.165) is 19.3 Å². The van der Waals surface area contributed by atoms with Crippen molar-refractivity contribution in [2.75, 3.05) is 13.1 Å². The molecule has 1 saturated carbocycles. The van der Waals surface area contributed by atoms with Gasteiger partial charge < -0.3 is 24.8 Å². The number of nitrogens with one attached hydrogen (secondary N) is 1. The highest BCUT2D eigenvalue weighted by Crippen LogP contribution is 2.42. The van der Waals surface area contributed by atoms with Gasteiger partial charge in [-0.05, 0) is 64.2 Å². The predicted octanol–water partition coefficient (Wildman–Crippen LogP) is 4.88. The summed E-state index contributed by atoms with van der Waals surface area (Å²) in [6, 6.07) is 4.97. The number of likely N-dealkylation sites (tertiary alicyclic amines) is 1. The lowest BCUT2D eigenvalue weighted by Crippen LogP contribution is -2.54. The summed E-state index contributed by atoms with van der Waals surface area (Å²) < 4.78 is 47.8. The van der Waals surface area contributed by atoms with Crippen LogP contribution in [0.4, 0.5) is 18.0 Å². The zero-order valence-corrected chi connectivity index (χ0v) is 20.5. The lowest BCUT2D eigenvalue weighted by atomic mass is 9.72. The van der Waals surface area contributed by atoms with E-state index >= 15 is 0 Å². The summed E-state index contributed by atoms with van der Waals surface area (Å²) in [5, 5.41) is 14.3. The van der Waals surface area contributed by atoms with Gasteiger partial charge in [0.25, 0.3) is 0 Å². The van der Waals surface area contributed by atoms with Gasteiger partial charge in [-0.25, -0.2) is 4.79 Å². The zero-order valence-electron chi connectivity index (χ0n) is 20.5. The minimum Gasteiger partial charge on any atom is -0.444 e. The lowest BCUT2D eigenvalue weighted by molar-refractivity contribution is -0.274. The van der Waals surface area contributed by atoms with Crippen molar-refractivity contribution in [3.63, 3.8) is 0 Å². The van der Waals surface area contributed by atoms with Gasteiger partial charge in [0.05, 0.1) is 11.5 Å². The second-order valence-corrected chi connectivity index (χ2v) is 10.5. The zero-order chi connectivity index (χ0) is 25.9. The highest BCUT2D eigenvalue weighted by Gasteiger charge is 2.45. The number of ether oxygens (including phenoxy) is 2. The molecule has 1 aliphatic heterocycles. The number of benzene rings is 1. The number of aliphatic hydroxyl groups is 1. The third-order valence-electron chi connectivity index (χ3n) is 6.38.